The molecule has 3 N–H and O–H groups in total. The number of nitrogens with one attached hydrogen (secondary N) is 2. The summed E-state index contributed by atoms with van der Waals surface area (Å²) in [6, 6.07) is -0.584. The fourth-order valence-electron chi connectivity index (χ4n) is 4.72. The maximum Gasteiger partial charge on any atom is 0.408 e. The lowest BCUT2D eigenvalue weighted by Crippen LogP contribution is -2.47. The Kier molecular flexibility index (Phi) is 7.28. The number of nitrogens with zero attached hydrogens (tertiary/aromatic N) is 3. The van der Waals surface area contributed by atoms with E-state index in [2.05, 4.69) is 20.6 Å². The standard InChI is InChI=1S/C25H32F3N5O3S/c1-12-10-18(30-14(3)25(26,27)28)29-11-17(12)20-19(23(35)33-15-6-7-16(33)9-8-15)32-22(37-20)21(34)31-13(2)24(4,5)36/h10-11,13-16,36H,6-9H2,1-5H3,(H,29,30)(H,31,34)/t13-,14-,15?,16?/m0/s1. The molecule has 0 aromatic carbocycles. The first-order valence-electron chi connectivity index (χ1n) is 12.3. The smallest absolute Gasteiger partial charge is 0.388 e. The summed E-state index contributed by atoms with van der Waals surface area (Å²) in [6.07, 6.45) is 0.721. The Bertz CT molecular complexity index is 1170. The van der Waals surface area contributed by atoms with E-state index in [-0.39, 0.29) is 34.5 Å². The Hall–Kier alpha value is -2.73. The van der Waals surface area contributed by atoms with Gasteiger partial charge in [-0.3, -0.25) is 9.59 Å². The molecule has 4 heterocycles. The number of carbonyl (C=O) groups excluding carboxylic acids is 2. The summed E-state index contributed by atoms with van der Waals surface area (Å²) >= 11 is 1.03. The van der Waals surface area contributed by atoms with Crippen LogP contribution in [0.3, 0.4) is 0 Å². The molecule has 202 valence electrons. The third-order valence-corrected chi connectivity index (χ3v) is 8.42. The SMILES string of the molecule is Cc1cc(N[C@@H](C)C(F)(F)F)ncc1-c1sc(C(=O)N[C@@H](C)C(C)(C)O)nc1C(=O)N1C2CCC1CC2. The number of carbonyl (C=O) groups is 2. The fourth-order valence-corrected chi connectivity index (χ4v) is 5.76. The van der Waals surface area contributed by atoms with E-state index in [9.17, 15) is 27.9 Å². The summed E-state index contributed by atoms with van der Waals surface area (Å²) in [7, 11) is 0. The normalized spacial score (nSPS) is 21.2. The summed E-state index contributed by atoms with van der Waals surface area (Å²) in [5, 5.41) is 15.4. The number of halogens is 3. The predicted molar refractivity (Wildman–Crippen MR) is 135 cm³/mol. The summed E-state index contributed by atoms with van der Waals surface area (Å²) in [5.74, 6) is -0.719. The number of fused-ring (bicyclic) bond motifs is 2. The highest BCUT2D eigenvalue weighted by Gasteiger charge is 2.44. The minimum absolute atomic E-state index is 0.0537. The topological polar surface area (TPSA) is 107 Å². The van der Waals surface area contributed by atoms with Gasteiger partial charge in [0, 0.05) is 23.8 Å². The Morgan fingerprint density at radius 3 is 2.24 bits per heavy atom. The van der Waals surface area contributed by atoms with Gasteiger partial charge in [0.1, 0.15) is 17.6 Å². The van der Waals surface area contributed by atoms with Gasteiger partial charge in [-0.25, -0.2) is 9.97 Å². The molecule has 2 aliphatic heterocycles. The second-order valence-electron chi connectivity index (χ2n) is 10.5. The average Bonchev–Trinajstić information content (AvgIpc) is 3.52. The molecule has 2 fully saturated rings. The third-order valence-electron chi connectivity index (χ3n) is 7.33. The molecule has 2 aromatic heterocycles. The van der Waals surface area contributed by atoms with E-state index in [1.807, 2.05) is 4.90 Å². The van der Waals surface area contributed by atoms with Crippen LogP contribution in [0.25, 0.3) is 10.4 Å². The number of rotatable bonds is 7. The van der Waals surface area contributed by atoms with Gasteiger partial charge in [0.25, 0.3) is 11.8 Å². The molecule has 12 heteroatoms. The Morgan fingerprint density at radius 1 is 1.14 bits per heavy atom. The van der Waals surface area contributed by atoms with Gasteiger partial charge in [-0.05, 0) is 71.9 Å². The van der Waals surface area contributed by atoms with E-state index >= 15 is 0 Å². The van der Waals surface area contributed by atoms with E-state index in [1.165, 1.54) is 12.3 Å². The first-order valence-corrected chi connectivity index (χ1v) is 13.2. The van der Waals surface area contributed by atoms with Gasteiger partial charge < -0.3 is 20.6 Å². The highest BCUT2D eigenvalue weighted by atomic mass is 32.1. The van der Waals surface area contributed by atoms with Gasteiger partial charge in [-0.1, -0.05) is 0 Å². The van der Waals surface area contributed by atoms with Crippen LogP contribution >= 0.6 is 11.3 Å². The van der Waals surface area contributed by atoms with Crippen LogP contribution in [0.4, 0.5) is 19.0 Å². The van der Waals surface area contributed by atoms with E-state index in [4.69, 9.17) is 0 Å². The monoisotopic (exact) mass is 539 g/mol. The van der Waals surface area contributed by atoms with Crippen molar-refractivity contribution in [3.05, 3.63) is 28.5 Å². The van der Waals surface area contributed by atoms with Gasteiger partial charge in [-0.15, -0.1) is 11.3 Å². The number of hydrogen-bond donors (Lipinski definition) is 3. The summed E-state index contributed by atoms with van der Waals surface area (Å²) in [5.41, 5.74) is 0.0807. The molecule has 2 bridgehead atoms. The van der Waals surface area contributed by atoms with Crippen LogP contribution in [0, 0.1) is 6.92 Å². The minimum Gasteiger partial charge on any atom is -0.388 e. The zero-order valence-corrected chi connectivity index (χ0v) is 22.3. The number of aryl methyl sites for hydroxylation is 1. The van der Waals surface area contributed by atoms with Crippen molar-refractivity contribution in [2.75, 3.05) is 5.32 Å². The molecule has 2 aromatic rings. The van der Waals surface area contributed by atoms with Crippen LogP contribution in [0.5, 0.6) is 0 Å². The Morgan fingerprint density at radius 2 is 1.73 bits per heavy atom. The van der Waals surface area contributed by atoms with E-state index in [0.717, 1.165) is 43.9 Å². The van der Waals surface area contributed by atoms with Crippen LogP contribution in [0.2, 0.25) is 0 Å². The van der Waals surface area contributed by atoms with Crippen molar-refractivity contribution < 1.29 is 27.9 Å². The second kappa shape index (κ2) is 9.86. The largest absolute Gasteiger partial charge is 0.408 e. The summed E-state index contributed by atoms with van der Waals surface area (Å²) in [4.78, 5) is 37.6. The zero-order valence-electron chi connectivity index (χ0n) is 21.4. The first-order chi connectivity index (χ1) is 17.2. The van der Waals surface area contributed by atoms with E-state index < -0.39 is 29.8 Å². The molecule has 0 aliphatic carbocycles. The number of aromatic nitrogens is 2. The Labute approximate surface area is 217 Å². The van der Waals surface area contributed by atoms with Gasteiger partial charge in [0.2, 0.25) is 0 Å². The van der Waals surface area contributed by atoms with E-state index in [1.54, 1.807) is 27.7 Å². The molecule has 2 amide bonds. The van der Waals surface area contributed by atoms with Crippen molar-refractivity contribution in [1.29, 1.82) is 0 Å². The molecule has 2 saturated heterocycles. The lowest BCUT2D eigenvalue weighted by Gasteiger charge is -2.26. The molecule has 0 radical (unpaired) electrons. The van der Waals surface area contributed by atoms with Gasteiger partial charge in [0.15, 0.2) is 5.01 Å². The van der Waals surface area contributed by atoms with Crippen LogP contribution in [0.15, 0.2) is 12.3 Å². The number of anilines is 1. The molecule has 0 unspecified atom stereocenters. The number of alkyl halides is 3. The molecule has 4 rings (SSSR count). The molecule has 0 saturated carbocycles. The Balaban J connectivity index is 1.70. The number of amides is 2. The van der Waals surface area contributed by atoms with Crippen molar-refractivity contribution in [3.63, 3.8) is 0 Å². The predicted octanol–water partition coefficient (Wildman–Crippen LogP) is 4.53. The zero-order chi connectivity index (χ0) is 27.3. The maximum atomic E-state index is 13.7. The highest BCUT2D eigenvalue weighted by molar-refractivity contribution is 7.17. The molecule has 37 heavy (non-hydrogen) atoms. The second-order valence-corrected chi connectivity index (χ2v) is 11.5. The van der Waals surface area contributed by atoms with Crippen molar-refractivity contribution >= 4 is 29.0 Å². The molecule has 0 spiro atoms. The van der Waals surface area contributed by atoms with Gasteiger partial charge >= 0.3 is 6.18 Å². The summed E-state index contributed by atoms with van der Waals surface area (Å²) < 4.78 is 39.0. The number of thiazole rings is 1. The van der Waals surface area contributed by atoms with Gasteiger partial charge in [0.05, 0.1) is 16.5 Å². The quantitative estimate of drug-likeness (QED) is 0.477. The molecule has 2 aliphatic rings. The van der Waals surface area contributed by atoms with Crippen LogP contribution in [-0.2, 0) is 0 Å². The van der Waals surface area contributed by atoms with Crippen LogP contribution < -0.4 is 10.6 Å². The van der Waals surface area contributed by atoms with Crippen LogP contribution in [-0.4, -0.2) is 67.7 Å². The lowest BCUT2D eigenvalue weighted by atomic mass is 10.0. The molecular weight excluding hydrogens is 507 g/mol. The first kappa shape index (κ1) is 27.3. The molecular formula is C25H32F3N5O3S. The lowest BCUT2D eigenvalue weighted by molar-refractivity contribution is -0.138. The minimum atomic E-state index is -4.43. The molecule has 8 nitrogen and oxygen atoms in total. The number of hydrogen-bond acceptors (Lipinski definition) is 7. The summed E-state index contributed by atoms with van der Waals surface area (Å²) in [6.45, 7) is 7.54. The van der Waals surface area contributed by atoms with Crippen molar-refractivity contribution in [1.82, 2.24) is 20.2 Å². The average molecular weight is 540 g/mol. The maximum absolute atomic E-state index is 13.7. The fraction of sp³-hybridized carbons (Fsp3) is 0.600. The van der Waals surface area contributed by atoms with Crippen molar-refractivity contribution in [3.8, 4) is 10.4 Å². The third kappa shape index (κ3) is 5.59. The van der Waals surface area contributed by atoms with Gasteiger partial charge in [-0.2, -0.15) is 13.2 Å². The van der Waals surface area contributed by atoms with Crippen LogP contribution in [0.1, 0.15) is 79.2 Å². The van der Waals surface area contributed by atoms with E-state index in [0.29, 0.717) is 16.0 Å². The van der Waals surface area contributed by atoms with Crippen molar-refractivity contribution in [2.24, 2.45) is 0 Å². The number of pyridine rings is 1. The number of aliphatic hydroxyl groups is 1. The highest BCUT2D eigenvalue weighted by Crippen LogP contribution is 2.41. The molecule has 2 atom stereocenters. The van der Waals surface area contributed by atoms with Crippen molar-refractivity contribution in [2.45, 2.75) is 96.2 Å².